The Morgan fingerprint density at radius 2 is 1.79 bits per heavy atom. The van der Waals surface area contributed by atoms with Crippen molar-refractivity contribution in [3.63, 3.8) is 0 Å². The highest BCUT2D eigenvalue weighted by molar-refractivity contribution is 6.03. The van der Waals surface area contributed by atoms with Gasteiger partial charge in [-0.2, -0.15) is 18.3 Å². The van der Waals surface area contributed by atoms with E-state index in [4.69, 9.17) is 0 Å². The number of hydrogen-bond acceptors (Lipinski definition) is 6. The number of hydrogen-bond donors (Lipinski definition) is 2. The first-order chi connectivity index (χ1) is 16.2. The number of aryl methyl sites for hydroxylation is 2. The topological polar surface area (TPSA) is 80.5 Å². The fourth-order valence-corrected chi connectivity index (χ4v) is 4.00. The molecule has 172 valence electrons. The van der Waals surface area contributed by atoms with Gasteiger partial charge in [0, 0.05) is 42.8 Å². The summed E-state index contributed by atoms with van der Waals surface area (Å²) in [5, 5.41) is 12.3. The molecular weight excluding hydrogens is 443 g/mol. The number of nitrogens with zero attached hydrogens (tertiary/aromatic N) is 5. The number of aromatic nitrogens is 5. The van der Waals surface area contributed by atoms with E-state index < -0.39 is 11.7 Å². The highest BCUT2D eigenvalue weighted by atomic mass is 19.4. The van der Waals surface area contributed by atoms with E-state index in [1.165, 1.54) is 6.07 Å². The zero-order valence-corrected chi connectivity index (χ0v) is 18.6. The van der Waals surface area contributed by atoms with Crippen molar-refractivity contribution in [2.75, 3.05) is 17.7 Å². The van der Waals surface area contributed by atoms with Crippen LogP contribution in [0, 0.1) is 6.92 Å². The van der Waals surface area contributed by atoms with Crippen molar-refractivity contribution in [3.8, 4) is 11.1 Å². The van der Waals surface area contributed by atoms with Crippen LogP contribution in [0.1, 0.15) is 11.1 Å². The summed E-state index contributed by atoms with van der Waals surface area (Å²) in [6.45, 7) is 2.02. The van der Waals surface area contributed by atoms with Crippen LogP contribution in [0.15, 0.2) is 54.9 Å². The number of benzene rings is 2. The van der Waals surface area contributed by atoms with Gasteiger partial charge in [-0.3, -0.25) is 4.68 Å². The SMILES string of the molecule is CNc1ncc2cc(-c3c(C)ccc4c(Nc5ccc(C(F)(F)F)cn5)nn(C)c34)ccc2n1. The first-order valence-corrected chi connectivity index (χ1v) is 10.5. The quantitative estimate of drug-likeness (QED) is 0.356. The Kier molecular flexibility index (Phi) is 5.07. The maximum atomic E-state index is 12.8. The molecule has 0 saturated carbocycles. The third-order valence-corrected chi connectivity index (χ3v) is 5.64. The van der Waals surface area contributed by atoms with Gasteiger partial charge in [0.05, 0.1) is 16.6 Å². The van der Waals surface area contributed by atoms with Crippen LogP contribution in [0.3, 0.4) is 0 Å². The molecule has 3 heterocycles. The summed E-state index contributed by atoms with van der Waals surface area (Å²) in [6.07, 6.45) is -1.85. The van der Waals surface area contributed by atoms with Crippen LogP contribution in [0.25, 0.3) is 32.9 Å². The van der Waals surface area contributed by atoms with Gasteiger partial charge >= 0.3 is 6.18 Å². The summed E-state index contributed by atoms with van der Waals surface area (Å²) in [7, 11) is 3.60. The normalized spacial score (nSPS) is 11.8. The lowest BCUT2D eigenvalue weighted by Gasteiger charge is -2.11. The molecule has 0 spiro atoms. The van der Waals surface area contributed by atoms with Crippen LogP contribution in [0.4, 0.5) is 30.8 Å². The fraction of sp³-hybridized carbons (Fsp3) is 0.167. The molecule has 0 atom stereocenters. The zero-order valence-electron chi connectivity index (χ0n) is 18.6. The first-order valence-electron chi connectivity index (χ1n) is 10.5. The van der Waals surface area contributed by atoms with Crippen molar-refractivity contribution in [3.05, 3.63) is 66.0 Å². The molecule has 2 aromatic carbocycles. The van der Waals surface area contributed by atoms with E-state index >= 15 is 0 Å². The second-order valence-corrected chi connectivity index (χ2v) is 7.90. The average Bonchev–Trinajstić information content (AvgIpc) is 3.13. The summed E-state index contributed by atoms with van der Waals surface area (Å²) >= 11 is 0. The molecule has 7 nitrogen and oxygen atoms in total. The molecule has 34 heavy (non-hydrogen) atoms. The Morgan fingerprint density at radius 1 is 0.971 bits per heavy atom. The number of anilines is 3. The Morgan fingerprint density at radius 3 is 2.50 bits per heavy atom. The van der Waals surface area contributed by atoms with Gasteiger partial charge in [0.1, 0.15) is 5.82 Å². The number of alkyl halides is 3. The number of halogens is 3. The molecule has 0 aliphatic carbocycles. The minimum atomic E-state index is -4.44. The largest absolute Gasteiger partial charge is 0.417 e. The van der Waals surface area contributed by atoms with E-state index in [2.05, 4.69) is 30.7 Å². The maximum Gasteiger partial charge on any atom is 0.417 e. The van der Waals surface area contributed by atoms with Gasteiger partial charge in [-0.1, -0.05) is 12.1 Å². The highest BCUT2D eigenvalue weighted by Crippen LogP contribution is 2.37. The van der Waals surface area contributed by atoms with Crippen molar-refractivity contribution in [2.24, 2.45) is 7.05 Å². The summed E-state index contributed by atoms with van der Waals surface area (Å²) in [6, 6.07) is 12.2. The molecule has 0 bridgehead atoms. The minimum Gasteiger partial charge on any atom is -0.357 e. The molecule has 0 amide bonds. The van der Waals surface area contributed by atoms with E-state index in [1.54, 1.807) is 17.9 Å². The number of nitrogens with one attached hydrogen (secondary N) is 2. The molecule has 10 heteroatoms. The van der Waals surface area contributed by atoms with Crippen LogP contribution in [-0.4, -0.2) is 31.8 Å². The molecule has 0 aliphatic rings. The minimum absolute atomic E-state index is 0.276. The molecule has 0 saturated heterocycles. The van der Waals surface area contributed by atoms with Gasteiger partial charge in [0.15, 0.2) is 5.82 Å². The molecule has 2 N–H and O–H groups in total. The Labute approximate surface area is 192 Å². The van der Waals surface area contributed by atoms with Crippen LogP contribution >= 0.6 is 0 Å². The molecule has 0 radical (unpaired) electrons. The van der Waals surface area contributed by atoms with Crippen LogP contribution in [-0.2, 0) is 13.2 Å². The van der Waals surface area contributed by atoms with Crippen molar-refractivity contribution in [1.29, 1.82) is 0 Å². The summed E-state index contributed by atoms with van der Waals surface area (Å²) < 4.78 is 40.3. The molecule has 0 unspecified atom stereocenters. The second-order valence-electron chi connectivity index (χ2n) is 7.90. The van der Waals surface area contributed by atoms with E-state index in [0.29, 0.717) is 11.8 Å². The Bertz CT molecular complexity index is 1520. The standard InChI is InChI=1S/C24H20F3N7/c1-13-4-7-17-21(20(13)14-5-8-18-15(10-14)11-30-23(28-2)31-18)34(3)33-22(17)32-19-9-6-16(12-29-19)24(25,26)27/h4-12H,1-3H3,(H,28,30,31)(H,29,32,33). The third kappa shape index (κ3) is 3.76. The highest BCUT2D eigenvalue weighted by Gasteiger charge is 2.30. The van der Waals surface area contributed by atoms with Crippen LogP contribution in [0.5, 0.6) is 0 Å². The van der Waals surface area contributed by atoms with Gasteiger partial charge in [-0.15, -0.1) is 0 Å². The van der Waals surface area contributed by atoms with Crippen molar-refractivity contribution in [2.45, 2.75) is 13.1 Å². The lowest BCUT2D eigenvalue weighted by Crippen LogP contribution is -2.06. The van der Waals surface area contributed by atoms with Crippen molar-refractivity contribution in [1.82, 2.24) is 24.7 Å². The van der Waals surface area contributed by atoms with Crippen LogP contribution in [0.2, 0.25) is 0 Å². The molecule has 3 aromatic heterocycles. The number of pyridine rings is 1. The van der Waals surface area contributed by atoms with Gasteiger partial charge in [-0.05, 0) is 48.4 Å². The molecule has 5 aromatic rings. The maximum absolute atomic E-state index is 12.8. The molecular formula is C24H20F3N7. The predicted octanol–water partition coefficient (Wildman–Crippen LogP) is 5.69. The third-order valence-electron chi connectivity index (χ3n) is 5.64. The Balaban J connectivity index is 1.58. The summed E-state index contributed by atoms with van der Waals surface area (Å²) in [5.41, 5.74) is 3.96. The van der Waals surface area contributed by atoms with Gasteiger partial charge in [-0.25, -0.2) is 15.0 Å². The average molecular weight is 463 g/mol. The van der Waals surface area contributed by atoms with E-state index in [1.807, 2.05) is 44.3 Å². The monoisotopic (exact) mass is 463 g/mol. The van der Waals surface area contributed by atoms with Gasteiger partial charge in [0.25, 0.3) is 0 Å². The van der Waals surface area contributed by atoms with E-state index in [9.17, 15) is 13.2 Å². The lowest BCUT2D eigenvalue weighted by atomic mass is 9.96. The van der Waals surface area contributed by atoms with Crippen LogP contribution < -0.4 is 10.6 Å². The van der Waals surface area contributed by atoms with Gasteiger partial charge in [0.2, 0.25) is 5.95 Å². The summed E-state index contributed by atoms with van der Waals surface area (Å²) in [5.74, 6) is 1.34. The second kappa shape index (κ2) is 7.98. The van der Waals surface area contributed by atoms with Crippen molar-refractivity contribution >= 4 is 39.4 Å². The Hall–Kier alpha value is -4.21. The van der Waals surface area contributed by atoms with E-state index in [0.717, 1.165) is 50.8 Å². The van der Waals surface area contributed by atoms with Gasteiger partial charge < -0.3 is 10.6 Å². The number of fused-ring (bicyclic) bond motifs is 2. The molecule has 0 fully saturated rings. The smallest absolute Gasteiger partial charge is 0.357 e. The van der Waals surface area contributed by atoms with E-state index in [-0.39, 0.29) is 5.82 Å². The molecule has 0 aliphatic heterocycles. The fourth-order valence-electron chi connectivity index (χ4n) is 4.00. The lowest BCUT2D eigenvalue weighted by molar-refractivity contribution is -0.137. The predicted molar refractivity (Wildman–Crippen MR) is 126 cm³/mol. The summed E-state index contributed by atoms with van der Waals surface area (Å²) in [4.78, 5) is 12.7. The number of rotatable bonds is 4. The zero-order chi connectivity index (χ0) is 24.0. The molecule has 5 rings (SSSR count). The first kappa shape index (κ1) is 21.6. The van der Waals surface area contributed by atoms with Crippen molar-refractivity contribution < 1.29 is 13.2 Å².